The summed E-state index contributed by atoms with van der Waals surface area (Å²) in [6.07, 6.45) is 3.81. The van der Waals surface area contributed by atoms with Gasteiger partial charge in [0, 0.05) is 11.7 Å². The topological polar surface area (TPSA) is 29.5 Å². The first-order valence-electron chi connectivity index (χ1n) is 7.22. The van der Waals surface area contributed by atoms with Crippen LogP contribution in [-0.4, -0.2) is 28.3 Å². The Kier molecular flexibility index (Phi) is 3.88. The van der Waals surface area contributed by atoms with Gasteiger partial charge in [-0.25, -0.2) is 0 Å². The molecule has 1 aromatic rings. The number of ether oxygens (including phenoxy) is 1. The molecule has 0 aliphatic carbocycles. The number of hydrogen-bond donors (Lipinski definition) is 1. The van der Waals surface area contributed by atoms with Gasteiger partial charge >= 0.3 is 0 Å². The third-order valence-electron chi connectivity index (χ3n) is 4.51. The lowest BCUT2D eigenvalue weighted by Gasteiger charge is -2.41. The predicted octanol–water partition coefficient (Wildman–Crippen LogP) is 3.34. The Balaban J connectivity index is 1.80. The van der Waals surface area contributed by atoms with Gasteiger partial charge in [-0.3, -0.25) is 0 Å². The van der Waals surface area contributed by atoms with Crippen LogP contribution in [0.5, 0.6) is 0 Å². The summed E-state index contributed by atoms with van der Waals surface area (Å²) in [5.74, 6) is 1.17. The zero-order chi connectivity index (χ0) is 13.3. The highest BCUT2D eigenvalue weighted by Crippen LogP contribution is 2.42. The number of rotatable bonds is 2. The molecule has 1 N–H and O–H groups in total. The van der Waals surface area contributed by atoms with E-state index in [0.717, 1.165) is 32.3 Å². The van der Waals surface area contributed by atoms with E-state index in [-0.39, 0.29) is 6.10 Å². The summed E-state index contributed by atoms with van der Waals surface area (Å²) in [4.78, 5) is 0. The Morgan fingerprint density at radius 1 is 1.42 bits per heavy atom. The van der Waals surface area contributed by atoms with Crippen molar-refractivity contribution in [2.45, 2.75) is 49.6 Å². The molecule has 2 nitrogen and oxygen atoms in total. The van der Waals surface area contributed by atoms with Crippen LogP contribution in [0.15, 0.2) is 24.3 Å². The normalized spacial score (nSPS) is 34.8. The van der Waals surface area contributed by atoms with Crippen molar-refractivity contribution < 1.29 is 9.84 Å². The summed E-state index contributed by atoms with van der Waals surface area (Å²) in [6, 6.07) is 8.51. The Morgan fingerprint density at radius 3 is 3.11 bits per heavy atom. The van der Waals surface area contributed by atoms with E-state index < -0.39 is 5.60 Å². The van der Waals surface area contributed by atoms with E-state index in [4.69, 9.17) is 4.74 Å². The van der Waals surface area contributed by atoms with E-state index in [9.17, 15) is 5.11 Å². The summed E-state index contributed by atoms with van der Waals surface area (Å²) < 4.78 is 5.95. The highest BCUT2D eigenvalue weighted by atomic mass is 32.2. The van der Waals surface area contributed by atoms with Crippen LogP contribution in [0, 0.1) is 0 Å². The predicted molar refractivity (Wildman–Crippen MR) is 79.6 cm³/mol. The van der Waals surface area contributed by atoms with Crippen LogP contribution in [0.1, 0.15) is 43.4 Å². The maximum absolute atomic E-state index is 10.9. The second-order valence-electron chi connectivity index (χ2n) is 5.73. The minimum absolute atomic E-state index is 0.0658. The average Bonchev–Trinajstić information content (AvgIpc) is 2.43. The van der Waals surface area contributed by atoms with Crippen LogP contribution >= 0.6 is 11.8 Å². The standard InChI is InChI=1S/C16H22O2S/c1-12-16(17,8-4-10-19-12)11-15-14-6-3-2-5-13(14)7-9-18-15/h2-3,5-6,12,15,17H,4,7-11H2,1H3. The van der Waals surface area contributed by atoms with Crippen LogP contribution < -0.4 is 0 Å². The fourth-order valence-corrected chi connectivity index (χ4v) is 4.42. The number of thioether (sulfide) groups is 1. The largest absolute Gasteiger partial charge is 0.389 e. The zero-order valence-corrected chi connectivity index (χ0v) is 12.3. The van der Waals surface area contributed by atoms with E-state index in [1.807, 2.05) is 11.8 Å². The van der Waals surface area contributed by atoms with Gasteiger partial charge in [0.1, 0.15) is 0 Å². The molecule has 19 heavy (non-hydrogen) atoms. The highest BCUT2D eigenvalue weighted by Gasteiger charge is 2.40. The van der Waals surface area contributed by atoms with Crippen LogP contribution in [0.25, 0.3) is 0 Å². The number of fused-ring (bicyclic) bond motifs is 1. The first-order chi connectivity index (χ1) is 9.19. The molecule has 3 rings (SSSR count). The Morgan fingerprint density at radius 2 is 2.26 bits per heavy atom. The molecule has 0 amide bonds. The molecule has 0 spiro atoms. The summed E-state index contributed by atoms with van der Waals surface area (Å²) >= 11 is 1.89. The molecule has 0 saturated carbocycles. The van der Waals surface area contributed by atoms with E-state index in [2.05, 4.69) is 31.2 Å². The van der Waals surface area contributed by atoms with Crippen molar-refractivity contribution in [1.29, 1.82) is 0 Å². The van der Waals surface area contributed by atoms with Gasteiger partial charge in [-0.15, -0.1) is 0 Å². The molecule has 3 unspecified atom stereocenters. The van der Waals surface area contributed by atoms with E-state index >= 15 is 0 Å². The lowest BCUT2D eigenvalue weighted by Crippen LogP contribution is -2.43. The van der Waals surface area contributed by atoms with E-state index in [1.165, 1.54) is 16.9 Å². The van der Waals surface area contributed by atoms with Gasteiger partial charge in [0.2, 0.25) is 0 Å². The van der Waals surface area contributed by atoms with Gasteiger partial charge in [-0.05, 0) is 36.1 Å². The average molecular weight is 278 g/mol. The molecule has 3 heteroatoms. The fraction of sp³-hybridized carbons (Fsp3) is 0.625. The van der Waals surface area contributed by atoms with Gasteiger partial charge in [-0.2, -0.15) is 11.8 Å². The van der Waals surface area contributed by atoms with Gasteiger partial charge in [0.15, 0.2) is 0 Å². The van der Waals surface area contributed by atoms with Crippen LogP contribution in [0.2, 0.25) is 0 Å². The molecule has 1 saturated heterocycles. The summed E-state index contributed by atoms with van der Waals surface area (Å²) in [5.41, 5.74) is 2.10. The first kappa shape index (κ1) is 13.5. The minimum atomic E-state index is -0.571. The Bertz CT molecular complexity index is 448. The van der Waals surface area contributed by atoms with Crippen molar-refractivity contribution in [2.75, 3.05) is 12.4 Å². The molecule has 0 radical (unpaired) electrons. The summed E-state index contributed by atoms with van der Waals surface area (Å²) in [6.45, 7) is 2.93. The number of aliphatic hydroxyl groups is 1. The molecule has 0 aromatic heterocycles. The maximum Gasteiger partial charge on any atom is 0.0855 e. The quantitative estimate of drug-likeness (QED) is 0.899. The molecule has 3 atom stereocenters. The number of benzene rings is 1. The molecular formula is C16H22O2S. The molecule has 2 aliphatic rings. The SMILES string of the molecule is CC1SCCCC1(O)CC1OCCc2ccccc21. The third kappa shape index (κ3) is 2.69. The molecule has 2 heterocycles. The fourth-order valence-electron chi connectivity index (χ4n) is 3.23. The molecule has 1 fully saturated rings. The van der Waals surface area contributed by atoms with Crippen LogP contribution in [0.3, 0.4) is 0 Å². The number of hydrogen-bond acceptors (Lipinski definition) is 3. The minimum Gasteiger partial charge on any atom is -0.389 e. The van der Waals surface area contributed by atoms with Crippen LogP contribution in [-0.2, 0) is 11.2 Å². The molecule has 1 aromatic carbocycles. The van der Waals surface area contributed by atoms with Crippen molar-refractivity contribution in [3.63, 3.8) is 0 Å². The lowest BCUT2D eigenvalue weighted by molar-refractivity contribution is -0.0510. The van der Waals surface area contributed by atoms with Gasteiger partial charge in [0.05, 0.1) is 18.3 Å². The van der Waals surface area contributed by atoms with Crippen LogP contribution in [0.4, 0.5) is 0 Å². The second kappa shape index (κ2) is 5.47. The van der Waals surface area contributed by atoms with Crippen molar-refractivity contribution >= 4 is 11.8 Å². The summed E-state index contributed by atoms with van der Waals surface area (Å²) in [5, 5.41) is 11.2. The van der Waals surface area contributed by atoms with Gasteiger partial charge in [-0.1, -0.05) is 31.2 Å². The maximum atomic E-state index is 10.9. The second-order valence-corrected chi connectivity index (χ2v) is 7.18. The van der Waals surface area contributed by atoms with Gasteiger partial charge in [0.25, 0.3) is 0 Å². The first-order valence-corrected chi connectivity index (χ1v) is 8.27. The van der Waals surface area contributed by atoms with E-state index in [1.54, 1.807) is 0 Å². The van der Waals surface area contributed by atoms with E-state index in [0.29, 0.717) is 5.25 Å². The Labute approximate surface area is 119 Å². The molecule has 2 aliphatic heterocycles. The van der Waals surface area contributed by atoms with Crippen molar-refractivity contribution in [1.82, 2.24) is 0 Å². The van der Waals surface area contributed by atoms with Crippen molar-refractivity contribution in [3.8, 4) is 0 Å². The molecule has 104 valence electrons. The van der Waals surface area contributed by atoms with Gasteiger partial charge < -0.3 is 9.84 Å². The Hall–Kier alpha value is -0.510. The molecular weight excluding hydrogens is 256 g/mol. The highest BCUT2D eigenvalue weighted by molar-refractivity contribution is 8.00. The zero-order valence-electron chi connectivity index (χ0n) is 11.5. The smallest absolute Gasteiger partial charge is 0.0855 e. The van der Waals surface area contributed by atoms with Crippen molar-refractivity contribution in [2.24, 2.45) is 0 Å². The third-order valence-corrected chi connectivity index (χ3v) is 5.97. The van der Waals surface area contributed by atoms with Crippen molar-refractivity contribution in [3.05, 3.63) is 35.4 Å². The lowest BCUT2D eigenvalue weighted by atomic mass is 9.84. The summed E-state index contributed by atoms with van der Waals surface area (Å²) in [7, 11) is 0. The molecule has 0 bridgehead atoms. The monoisotopic (exact) mass is 278 g/mol.